The molecule has 0 saturated carbocycles. The van der Waals surface area contributed by atoms with E-state index >= 15 is 0 Å². The van der Waals surface area contributed by atoms with Gasteiger partial charge in [0.15, 0.2) is 16.7 Å². The van der Waals surface area contributed by atoms with Gasteiger partial charge in [0.05, 0.1) is 10.6 Å². The number of ether oxygens (including phenoxy) is 1. The lowest BCUT2D eigenvalue weighted by molar-refractivity contribution is 0.472. The molecule has 0 aliphatic carbocycles. The van der Waals surface area contributed by atoms with Gasteiger partial charge in [-0.15, -0.1) is 0 Å². The normalized spacial score (nSPS) is 20.1. The first-order valence-corrected chi connectivity index (χ1v) is 11.3. The molecule has 1 saturated heterocycles. The van der Waals surface area contributed by atoms with Crippen molar-refractivity contribution in [2.75, 3.05) is 36.8 Å². The predicted molar refractivity (Wildman–Crippen MR) is 109 cm³/mol. The molecule has 1 N–H and O–H groups in total. The Bertz CT molecular complexity index is 911. The maximum Gasteiger partial charge on any atom is 0.154 e. The Balaban J connectivity index is 1.75. The van der Waals surface area contributed by atoms with E-state index in [1.54, 1.807) is 36.6 Å². The smallest absolute Gasteiger partial charge is 0.154 e. The van der Waals surface area contributed by atoms with Crippen molar-refractivity contribution in [1.29, 1.82) is 0 Å². The van der Waals surface area contributed by atoms with E-state index in [-0.39, 0.29) is 0 Å². The van der Waals surface area contributed by atoms with Crippen LogP contribution >= 0.6 is 0 Å². The van der Waals surface area contributed by atoms with Gasteiger partial charge in [-0.1, -0.05) is 6.07 Å². The van der Waals surface area contributed by atoms with Crippen LogP contribution in [0, 0.1) is 0 Å². The number of fused-ring (bicyclic) bond motifs is 2. The fraction of sp³-hybridized carbons (Fsp3) is 0.368. The van der Waals surface area contributed by atoms with E-state index in [0.717, 1.165) is 37.3 Å². The van der Waals surface area contributed by atoms with Crippen LogP contribution in [0.1, 0.15) is 19.3 Å². The minimum atomic E-state index is -1.46. The number of nitrogens with zero attached hydrogens (tertiary/aromatic N) is 2. The Kier molecular flexibility index (Phi) is 5.21. The van der Waals surface area contributed by atoms with Gasteiger partial charge in [0.2, 0.25) is 0 Å². The van der Waals surface area contributed by atoms with E-state index in [9.17, 15) is 8.42 Å². The lowest BCUT2D eigenvalue weighted by Gasteiger charge is -2.30. The van der Waals surface area contributed by atoms with Crippen LogP contribution in [0.4, 0.5) is 11.4 Å². The molecule has 0 aromatic heterocycles. The van der Waals surface area contributed by atoms with Crippen LogP contribution in [0.25, 0.3) is 0 Å². The van der Waals surface area contributed by atoms with Gasteiger partial charge in [-0.2, -0.15) is 0 Å². The predicted octanol–water partition coefficient (Wildman–Crippen LogP) is 3.50. The van der Waals surface area contributed by atoms with Gasteiger partial charge >= 0.3 is 0 Å². The number of anilines is 2. The molecule has 2 atom stereocenters. The second kappa shape index (κ2) is 7.61. The first-order valence-electron chi connectivity index (χ1n) is 9.02. The summed E-state index contributed by atoms with van der Waals surface area (Å²) >= 11 is 0. The monoisotopic (exact) mass is 405 g/mol. The zero-order valence-corrected chi connectivity index (χ0v) is 17.1. The highest BCUT2D eigenvalue weighted by atomic mass is 32.2. The molecule has 2 heterocycles. The Morgan fingerprint density at radius 2 is 1.89 bits per heavy atom. The van der Waals surface area contributed by atoms with Gasteiger partial charge in [0, 0.05) is 13.1 Å². The molecule has 0 spiro atoms. The SMILES string of the molecule is CN(C)S(=O)c1ccc2c(c1)Oc1cccc(N3CCCCC3)c1NS2=O. The van der Waals surface area contributed by atoms with Crippen molar-refractivity contribution in [3.63, 3.8) is 0 Å². The van der Waals surface area contributed by atoms with E-state index in [4.69, 9.17) is 4.74 Å². The fourth-order valence-corrected chi connectivity index (χ4v) is 5.20. The summed E-state index contributed by atoms with van der Waals surface area (Å²) in [5.41, 5.74) is 1.77. The number of benzene rings is 2. The van der Waals surface area contributed by atoms with E-state index < -0.39 is 22.0 Å². The minimum absolute atomic E-state index is 0.475. The molecule has 8 heteroatoms. The third-order valence-corrected chi connectivity index (χ3v) is 7.21. The van der Waals surface area contributed by atoms with E-state index in [1.165, 1.54) is 6.42 Å². The van der Waals surface area contributed by atoms with Crippen LogP contribution in [0.15, 0.2) is 46.2 Å². The van der Waals surface area contributed by atoms with E-state index in [0.29, 0.717) is 21.3 Å². The molecule has 2 aromatic rings. The van der Waals surface area contributed by atoms with Crippen LogP contribution in [0.5, 0.6) is 11.5 Å². The van der Waals surface area contributed by atoms with Gasteiger partial charge in [0.25, 0.3) is 0 Å². The summed E-state index contributed by atoms with van der Waals surface area (Å²) in [5, 5.41) is 0. The average Bonchev–Trinajstić information content (AvgIpc) is 2.83. The van der Waals surface area contributed by atoms with E-state index in [1.807, 2.05) is 18.2 Å². The van der Waals surface area contributed by atoms with Crippen LogP contribution in [-0.2, 0) is 22.0 Å². The summed E-state index contributed by atoms with van der Waals surface area (Å²) in [5.74, 6) is 1.11. The zero-order valence-electron chi connectivity index (χ0n) is 15.4. The molecule has 2 unspecified atom stereocenters. The third-order valence-electron chi connectivity index (χ3n) is 4.76. The van der Waals surface area contributed by atoms with Crippen LogP contribution < -0.4 is 14.4 Å². The Morgan fingerprint density at radius 3 is 2.63 bits per heavy atom. The van der Waals surface area contributed by atoms with E-state index in [2.05, 4.69) is 9.62 Å². The highest BCUT2D eigenvalue weighted by molar-refractivity contribution is 7.86. The summed E-state index contributed by atoms with van der Waals surface area (Å²) in [6.45, 7) is 1.98. The number of piperidine rings is 1. The van der Waals surface area contributed by atoms with Crippen LogP contribution in [-0.4, -0.2) is 39.9 Å². The first kappa shape index (κ1) is 18.5. The Labute approximate surface area is 164 Å². The van der Waals surface area contributed by atoms with Crippen molar-refractivity contribution in [3.8, 4) is 11.5 Å². The third kappa shape index (κ3) is 3.61. The molecule has 4 rings (SSSR count). The molecule has 27 heavy (non-hydrogen) atoms. The topological polar surface area (TPSA) is 61.9 Å². The zero-order chi connectivity index (χ0) is 19.0. The fourth-order valence-electron chi connectivity index (χ4n) is 3.41. The Morgan fingerprint density at radius 1 is 1.11 bits per heavy atom. The molecular weight excluding hydrogens is 382 g/mol. The van der Waals surface area contributed by atoms with Gasteiger partial charge in [-0.3, -0.25) is 4.72 Å². The van der Waals surface area contributed by atoms with Crippen molar-refractivity contribution in [2.45, 2.75) is 29.1 Å². The van der Waals surface area contributed by atoms with Crippen molar-refractivity contribution in [1.82, 2.24) is 4.31 Å². The first-order chi connectivity index (χ1) is 13.0. The standard InChI is InChI=1S/C19H23N3O3S2/c1-21(2)27(24)14-9-10-18-17(13-14)25-16-8-6-7-15(19(16)20-26(18)23)22-11-4-3-5-12-22/h6-10,13,20H,3-5,11-12H2,1-2H3. The maximum atomic E-state index is 12.9. The minimum Gasteiger partial charge on any atom is -0.454 e. The van der Waals surface area contributed by atoms with Crippen molar-refractivity contribution < 1.29 is 13.2 Å². The lowest BCUT2D eigenvalue weighted by atomic mass is 10.1. The second-order valence-corrected chi connectivity index (χ2v) is 9.72. The number of rotatable bonds is 3. The number of para-hydroxylation sites is 1. The van der Waals surface area contributed by atoms with Crippen molar-refractivity contribution >= 4 is 33.3 Å². The molecule has 6 nitrogen and oxygen atoms in total. The largest absolute Gasteiger partial charge is 0.454 e. The molecule has 1 fully saturated rings. The summed E-state index contributed by atoms with van der Waals surface area (Å²) in [6.07, 6.45) is 3.57. The van der Waals surface area contributed by atoms with Crippen LogP contribution in [0.2, 0.25) is 0 Å². The second-order valence-electron chi connectivity index (χ2n) is 6.84. The van der Waals surface area contributed by atoms with Crippen molar-refractivity contribution in [3.05, 3.63) is 36.4 Å². The average molecular weight is 406 g/mol. The summed E-state index contributed by atoms with van der Waals surface area (Å²) in [6, 6.07) is 11.0. The molecule has 0 bridgehead atoms. The lowest BCUT2D eigenvalue weighted by Crippen LogP contribution is -2.30. The number of hydrogen-bond donors (Lipinski definition) is 1. The highest BCUT2D eigenvalue weighted by Crippen LogP contribution is 2.43. The number of hydrogen-bond acceptors (Lipinski definition) is 4. The number of nitrogens with one attached hydrogen (secondary N) is 1. The van der Waals surface area contributed by atoms with Gasteiger partial charge in [-0.25, -0.2) is 12.7 Å². The maximum absolute atomic E-state index is 12.9. The van der Waals surface area contributed by atoms with Gasteiger partial charge < -0.3 is 9.64 Å². The quantitative estimate of drug-likeness (QED) is 0.849. The molecule has 144 valence electrons. The van der Waals surface area contributed by atoms with Gasteiger partial charge in [0.1, 0.15) is 27.3 Å². The van der Waals surface area contributed by atoms with Gasteiger partial charge in [-0.05, 0) is 63.7 Å². The van der Waals surface area contributed by atoms with Crippen molar-refractivity contribution in [2.24, 2.45) is 0 Å². The van der Waals surface area contributed by atoms with Crippen LogP contribution in [0.3, 0.4) is 0 Å². The Hall–Kier alpha value is -1.90. The molecule has 0 radical (unpaired) electrons. The molecular formula is C19H23N3O3S2. The highest BCUT2D eigenvalue weighted by Gasteiger charge is 2.25. The summed E-state index contributed by atoms with van der Waals surface area (Å²) in [7, 11) is 0.760. The summed E-state index contributed by atoms with van der Waals surface area (Å²) in [4.78, 5) is 3.49. The molecule has 2 aromatic carbocycles. The summed E-state index contributed by atoms with van der Waals surface area (Å²) < 4.78 is 36.2. The molecule has 2 aliphatic heterocycles. The molecule has 0 amide bonds. The molecule has 2 aliphatic rings.